The molecule has 9 heteroatoms. The zero-order valence-electron chi connectivity index (χ0n) is 21.2. The SMILES string of the molecule is COc1ccc(C(Cc2ncc(CO)c(CO)c2O)(c2ccccc2)c2ccc(OC)cc2)cc1.O=[PH2]O. The van der Waals surface area contributed by atoms with E-state index in [1.807, 2.05) is 66.7 Å². The number of rotatable bonds is 9. The molecule has 0 aliphatic carbocycles. The molecule has 38 heavy (non-hydrogen) atoms. The molecule has 1 atom stereocenters. The Balaban J connectivity index is 0.00000127. The van der Waals surface area contributed by atoms with Gasteiger partial charge in [-0.1, -0.05) is 54.6 Å². The smallest absolute Gasteiger partial charge is 0.177 e. The number of hydrogen-bond donors (Lipinski definition) is 4. The standard InChI is InChI=1S/C29H29NO5.H3O2P/c1-34-24-12-8-22(9-13-24)29(21-6-4-3-5-7-21,23-10-14-25(35-2)15-11-23)16-27-28(33)26(19-32)20(18-31)17-30-27;1-3-2/h3-15,17,31-33H,16,18-19H2,1-2H3;3H2,(H,1,2). The number of benzene rings is 3. The molecule has 3 aromatic carbocycles. The normalized spacial score (nSPS) is 11.2. The first-order chi connectivity index (χ1) is 18.5. The van der Waals surface area contributed by atoms with Crippen molar-refractivity contribution >= 4 is 8.69 Å². The Morgan fingerprint density at radius 2 is 1.26 bits per heavy atom. The number of aromatic hydroxyl groups is 1. The first-order valence-corrected chi connectivity index (χ1v) is 12.8. The highest BCUT2D eigenvalue weighted by Gasteiger charge is 2.38. The van der Waals surface area contributed by atoms with Crippen molar-refractivity contribution in [2.45, 2.75) is 25.0 Å². The summed E-state index contributed by atoms with van der Waals surface area (Å²) in [6.07, 6.45) is 1.82. The van der Waals surface area contributed by atoms with E-state index in [-0.39, 0.29) is 17.9 Å². The third kappa shape index (κ3) is 6.06. The van der Waals surface area contributed by atoms with Crippen LogP contribution in [0.4, 0.5) is 0 Å². The highest BCUT2D eigenvalue weighted by Crippen LogP contribution is 2.44. The van der Waals surface area contributed by atoms with Crippen molar-refractivity contribution in [3.63, 3.8) is 0 Å². The summed E-state index contributed by atoms with van der Waals surface area (Å²) in [4.78, 5) is 11.6. The average Bonchev–Trinajstić information content (AvgIpc) is 2.97. The van der Waals surface area contributed by atoms with Crippen molar-refractivity contribution < 1.29 is 34.3 Å². The molecular formula is C29H32NO7P. The van der Waals surface area contributed by atoms with Crippen molar-refractivity contribution in [1.82, 2.24) is 4.98 Å². The van der Waals surface area contributed by atoms with E-state index in [9.17, 15) is 15.3 Å². The summed E-state index contributed by atoms with van der Waals surface area (Å²) in [5.74, 6) is 1.36. The van der Waals surface area contributed by atoms with Gasteiger partial charge in [0.05, 0.1) is 38.5 Å². The molecule has 8 nitrogen and oxygen atoms in total. The summed E-state index contributed by atoms with van der Waals surface area (Å²) >= 11 is 0. The lowest BCUT2D eigenvalue weighted by molar-refractivity contribution is 0.253. The number of methoxy groups -OCH3 is 2. The largest absolute Gasteiger partial charge is 0.506 e. The number of ether oxygens (including phenoxy) is 2. The van der Waals surface area contributed by atoms with Gasteiger partial charge in [0.25, 0.3) is 0 Å². The molecule has 4 N–H and O–H groups in total. The van der Waals surface area contributed by atoms with Crippen LogP contribution in [0.15, 0.2) is 85.1 Å². The van der Waals surface area contributed by atoms with Crippen LogP contribution in [-0.4, -0.2) is 39.4 Å². The van der Waals surface area contributed by atoms with Gasteiger partial charge in [-0.25, -0.2) is 0 Å². The molecule has 0 amide bonds. The topological polar surface area (TPSA) is 129 Å². The lowest BCUT2D eigenvalue weighted by Gasteiger charge is -2.36. The summed E-state index contributed by atoms with van der Waals surface area (Å²) in [5.41, 5.74) is 3.32. The molecule has 0 aliphatic heterocycles. The lowest BCUT2D eigenvalue weighted by atomic mass is 9.66. The number of aromatic nitrogens is 1. The summed E-state index contributed by atoms with van der Waals surface area (Å²) < 4.78 is 19.4. The van der Waals surface area contributed by atoms with E-state index in [1.165, 1.54) is 6.20 Å². The van der Waals surface area contributed by atoms with Crippen LogP contribution in [0, 0.1) is 0 Å². The van der Waals surface area contributed by atoms with Gasteiger partial charge in [0.2, 0.25) is 0 Å². The van der Waals surface area contributed by atoms with Gasteiger partial charge >= 0.3 is 0 Å². The summed E-state index contributed by atoms with van der Waals surface area (Å²) in [6, 6.07) is 25.8. The zero-order chi connectivity index (χ0) is 27.5. The number of aliphatic hydroxyl groups is 2. The summed E-state index contributed by atoms with van der Waals surface area (Å²) in [5, 5.41) is 30.6. The molecule has 1 unspecified atom stereocenters. The fourth-order valence-electron chi connectivity index (χ4n) is 4.59. The minimum absolute atomic E-state index is 0.110. The summed E-state index contributed by atoms with van der Waals surface area (Å²) in [6.45, 7) is -0.724. The van der Waals surface area contributed by atoms with Crippen LogP contribution in [-0.2, 0) is 29.6 Å². The van der Waals surface area contributed by atoms with Crippen LogP contribution >= 0.6 is 8.69 Å². The highest BCUT2D eigenvalue weighted by atomic mass is 31.1. The molecule has 4 rings (SSSR count). The first-order valence-electron chi connectivity index (χ1n) is 11.8. The minimum atomic E-state index is -1.50. The fraction of sp³-hybridized carbons (Fsp3) is 0.207. The van der Waals surface area contributed by atoms with Crippen LogP contribution in [0.3, 0.4) is 0 Å². The summed E-state index contributed by atoms with van der Waals surface area (Å²) in [7, 11) is 1.76. The second-order valence-electron chi connectivity index (χ2n) is 8.38. The lowest BCUT2D eigenvalue weighted by Crippen LogP contribution is -2.32. The van der Waals surface area contributed by atoms with E-state index >= 15 is 0 Å². The maximum Gasteiger partial charge on any atom is 0.177 e. The Kier molecular flexibility index (Phi) is 10.4. The highest BCUT2D eigenvalue weighted by molar-refractivity contribution is 7.16. The first kappa shape index (κ1) is 28.9. The van der Waals surface area contributed by atoms with Crippen molar-refractivity contribution in [2.24, 2.45) is 0 Å². The maximum atomic E-state index is 11.1. The Labute approximate surface area is 223 Å². The average molecular weight is 538 g/mol. The third-order valence-electron chi connectivity index (χ3n) is 6.52. The van der Waals surface area contributed by atoms with Crippen LogP contribution in [0.25, 0.3) is 0 Å². The van der Waals surface area contributed by atoms with E-state index in [2.05, 4.69) is 17.1 Å². The molecule has 4 aromatic rings. The molecule has 0 radical (unpaired) electrons. The van der Waals surface area contributed by atoms with E-state index in [0.717, 1.165) is 28.2 Å². The predicted molar refractivity (Wildman–Crippen MR) is 146 cm³/mol. The Morgan fingerprint density at radius 3 is 1.68 bits per heavy atom. The second-order valence-corrected chi connectivity index (χ2v) is 8.59. The quantitative estimate of drug-likeness (QED) is 0.186. The van der Waals surface area contributed by atoms with Crippen molar-refractivity contribution in [2.75, 3.05) is 14.2 Å². The van der Waals surface area contributed by atoms with Crippen LogP contribution < -0.4 is 9.47 Å². The minimum Gasteiger partial charge on any atom is -0.506 e. The molecule has 0 aliphatic rings. The fourth-order valence-corrected chi connectivity index (χ4v) is 4.59. The number of aliphatic hydroxyl groups excluding tert-OH is 2. The maximum absolute atomic E-state index is 11.1. The van der Waals surface area contributed by atoms with E-state index < -0.39 is 20.7 Å². The van der Waals surface area contributed by atoms with Gasteiger partial charge < -0.3 is 29.7 Å². The van der Waals surface area contributed by atoms with Crippen molar-refractivity contribution in [3.8, 4) is 17.2 Å². The monoisotopic (exact) mass is 537 g/mol. The van der Waals surface area contributed by atoms with Crippen LogP contribution in [0.2, 0.25) is 0 Å². The van der Waals surface area contributed by atoms with Crippen molar-refractivity contribution in [3.05, 3.63) is 119 Å². The van der Waals surface area contributed by atoms with Gasteiger partial charge in [0.1, 0.15) is 17.2 Å². The van der Waals surface area contributed by atoms with E-state index in [4.69, 9.17) is 18.9 Å². The second kappa shape index (κ2) is 13.7. The molecule has 200 valence electrons. The van der Waals surface area contributed by atoms with Gasteiger partial charge in [0, 0.05) is 23.7 Å². The molecule has 0 spiro atoms. The number of nitrogens with zero attached hydrogens (tertiary/aromatic N) is 1. The number of pyridine rings is 1. The van der Waals surface area contributed by atoms with E-state index in [1.54, 1.807) is 14.2 Å². The van der Waals surface area contributed by atoms with Gasteiger partial charge in [-0.2, -0.15) is 0 Å². The predicted octanol–water partition coefficient (Wildman–Crippen LogP) is 4.02. The Hall–Kier alpha value is -3.68. The molecular weight excluding hydrogens is 505 g/mol. The zero-order valence-corrected chi connectivity index (χ0v) is 22.4. The molecule has 0 bridgehead atoms. The molecule has 1 heterocycles. The molecule has 0 saturated heterocycles. The Morgan fingerprint density at radius 1 is 0.789 bits per heavy atom. The van der Waals surface area contributed by atoms with Crippen molar-refractivity contribution in [1.29, 1.82) is 0 Å². The van der Waals surface area contributed by atoms with Gasteiger partial charge in [-0.15, -0.1) is 0 Å². The molecule has 0 saturated carbocycles. The van der Waals surface area contributed by atoms with E-state index in [0.29, 0.717) is 17.7 Å². The van der Waals surface area contributed by atoms with Crippen LogP contribution in [0.1, 0.15) is 33.5 Å². The molecule has 1 aromatic heterocycles. The van der Waals surface area contributed by atoms with Gasteiger partial charge in [0.15, 0.2) is 8.69 Å². The van der Waals surface area contributed by atoms with Crippen LogP contribution in [0.5, 0.6) is 17.2 Å². The third-order valence-corrected chi connectivity index (χ3v) is 6.52. The number of hydrogen-bond acceptors (Lipinski definition) is 7. The Bertz CT molecular complexity index is 1270. The van der Waals surface area contributed by atoms with Gasteiger partial charge in [-0.3, -0.25) is 9.55 Å². The van der Waals surface area contributed by atoms with Gasteiger partial charge in [-0.05, 0) is 41.0 Å². The molecule has 0 fully saturated rings.